The minimum absolute atomic E-state index is 0.0336. The van der Waals surface area contributed by atoms with Crippen LogP contribution in [0.4, 0.5) is 0 Å². The Morgan fingerprint density at radius 1 is 0.553 bits per heavy atom. The predicted octanol–water partition coefficient (Wildman–Crippen LogP) is 8.34. The number of aromatic nitrogens is 2. The van der Waals surface area contributed by atoms with Crippen LogP contribution < -0.4 is 0 Å². The zero-order chi connectivity index (χ0) is 27.1. The molecule has 1 aromatic heterocycles. The molecular formula is C34H36N2O2. The largest absolute Gasteiger partial charge is 0.289 e. The van der Waals surface area contributed by atoms with E-state index in [-0.39, 0.29) is 29.3 Å². The van der Waals surface area contributed by atoms with Crippen molar-refractivity contribution in [3.63, 3.8) is 0 Å². The molecule has 1 heterocycles. The number of benzene rings is 3. The fourth-order valence-corrected chi connectivity index (χ4v) is 5.89. The summed E-state index contributed by atoms with van der Waals surface area (Å²) in [4.78, 5) is 27.4. The maximum absolute atomic E-state index is 13.8. The zero-order valence-electron chi connectivity index (χ0n) is 23.2. The molecule has 38 heavy (non-hydrogen) atoms. The van der Waals surface area contributed by atoms with E-state index in [1.165, 1.54) is 10.8 Å². The molecule has 2 atom stereocenters. The average Bonchev–Trinajstić information content (AvgIpc) is 2.92. The molecule has 2 unspecified atom stereocenters. The third-order valence-corrected chi connectivity index (χ3v) is 8.08. The molecule has 194 valence electrons. The summed E-state index contributed by atoms with van der Waals surface area (Å²) in [5.74, 6) is 0.712. The first-order chi connectivity index (χ1) is 18.2. The number of nitrogens with zero attached hydrogens (tertiary/aromatic N) is 2. The lowest BCUT2D eigenvalue weighted by atomic mass is 9.75. The van der Waals surface area contributed by atoms with Gasteiger partial charge in [-0.2, -0.15) is 10.2 Å². The van der Waals surface area contributed by atoms with Crippen LogP contribution in [0.1, 0.15) is 132 Å². The van der Waals surface area contributed by atoms with Crippen molar-refractivity contribution in [2.45, 2.75) is 78.1 Å². The lowest BCUT2D eigenvalue weighted by Gasteiger charge is -2.27. The highest BCUT2D eigenvalue weighted by Gasteiger charge is 2.35. The SMILES string of the molecule is CC(C)c1ccc(C(C)CCC(C)c2nnc(C(C)C)c3ccccc23)c2c1C(=O)c1ccccc1C2=O. The maximum atomic E-state index is 13.8. The number of ketones is 2. The Labute approximate surface area is 225 Å². The Kier molecular flexibility index (Phi) is 7.00. The molecule has 0 spiro atoms. The van der Waals surface area contributed by atoms with Crippen LogP contribution >= 0.6 is 0 Å². The van der Waals surface area contributed by atoms with Crippen molar-refractivity contribution in [1.82, 2.24) is 10.2 Å². The van der Waals surface area contributed by atoms with Crippen molar-refractivity contribution in [3.05, 3.63) is 105 Å². The topological polar surface area (TPSA) is 59.9 Å². The Morgan fingerprint density at radius 3 is 1.61 bits per heavy atom. The van der Waals surface area contributed by atoms with Crippen molar-refractivity contribution < 1.29 is 9.59 Å². The summed E-state index contributed by atoms with van der Waals surface area (Å²) in [6, 6.07) is 19.8. The van der Waals surface area contributed by atoms with Gasteiger partial charge in [0.1, 0.15) is 0 Å². The maximum Gasteiger partial charge on any atom is 0.194 e. The molecule has 0 radical (unpaired) electrons. The quantitative estimate of drug-likeness (QED) is 0.223. The van der Waals surface area contributed by atoms with Crippen molar-refractivity contribution in [2.75, 3.05) is 0 Å². The monoisotopic (exact) mass is 504 g/mol. The molecule has 0 aliphatic heterocycles. The highest BCUT2D eigenvalue weighted by Crippen LogP contribution is 2.39. The van der Waals surface area contributed by atoms with Crippen LogP contribution in [0.15, 0.2) is 60.7 Å². The molecule has 0 amide bonds. The molecule has 0 saturated heterocycles. The van der Waals surface area contributed by atoms with E-state index in [0.29, 0.717) is 28.2 Å². The summed E-state index contributed by atoms with van der Waals surface area (Å²) < 4.78 is 0. The molecule has 0 saturated carbocycles. The van der Waals surface area contributed by atoms with Crippen LogP contribution in [-0.2, 0) is 0 Å². The first-order valence-corrected chi connectivity index (χ1v) is 13.8. The molecule has 0 bridgehead atoms. The van der Waals surface area contributed by atoms with Gasteiger partial charge < -0.3 is 0 Å². The smallest absolute Gasteiger partial charge is 0.194 e. The molecule has 3 aromatic carbocycles. The van der Waals surface area contributed by atoms with E-state index in [9.17, 15) is 9.59 Å². The molecule has 0 fully saturated rings. The Balaban J connectivity index is 1.47. The summed E-state index contributed by atoms with van der Waals surface area (Å²) in [5.41, 5.74) is 6.20. The van der Waals surface area contributed by atoms with Crippen molar-refractivity contribution in [2.24, 2.45) is 0 Å². The summed E-state index contributed by atoms with van der Waals surface area (Å²) in [6.07, 6.45) is 1.78. The van der Waals surface area contributed by atoms with Gasteiger partial charge in [-0.25, -0.2) is 0 Å². The number of hydrogen-bond donors (Lipinski definition) is 0. The number of carbonyl (C=O) groups excluding carboxylic acids is 2. The van der Waals surface area contributed by atoms with Crippen molar-refractivity contribution in [1.29, 1.82) is 0 Å². The van der Waals surface area contributed by atoms with Crippen LogP contribution in [0.5, 0.6) is 0 Å². The average molecular weight is 505 g/mol. The zero-order valence-corrected chi connectivity index (χ0v) is 23.2. The minimum Gasteiger partial charge on any atom is -0.289 e. The number of carbonyl (C=O) groups is 2. The highest BCUT2D eigenvalue weighted by molar-refractivity contribution is 6.29. The summed E-state index contributed by atoms with van der Waals surface area (Å²) in [6.45, 7) is 12.8. The van der Waals surface area contributed by atoms with Gasteiger partial charge in [0.05, 0.1) is 11.4 Å². The minimum atomic E-state index is -0.0340. The van der Waals surface area contributed by atoms with Gasteiger partial charge in [-0.1, -0.05) is 102 Å². The summed E-state index contributed by atoms with van der Waals surface area (Å²) in [7, 11) is 0. The Morgan fingerprint density at radius 2 is 1.03 bits per heavy atom. The molecule has 1 aliphatic carbocycles. The second-order valence-corrected chi connectivity index (χ2v) is 11.4. The van der Waals surface area contributed by atoms with Gasteiger partial charge in [-0.05, 0) is 41.7 Å². The molecule has 4 nitrogen and oxygen atoms in total. The van der Waals surface area contributed by atoms with Gasteiger partial charge in [0.2, 0.25) is 0 Å². The van der Waals surface area contributed by atoms with Crippen LogP contribution in [0.25, 0.3) is 10.8 Å². The molecule has 1 aliphatic rings. The van der Waals surface area contributed by atoms with Crippen molar-refractivity contribution >= 4 is 22.3 Å². The normalized spacial score (nSPS) is 14.6. The highest BCUT2D eigenvalue weighted by atomic mass is 16.1. The van der Waals surface area contributed by atoms with E-state index in [4.69, 9.17) is 0 Å². The Bertz CT molecular complexity index is 1550. The van der Waals surface area contributed by atoms with E-state index in [0.717, 1.165) is 35.4 Å². The van der Waals surface area contributed by atoms with Gasteiger partial charge in [-0.15, -0.1) is 0 Å². The van der Waals surface area contributed by atoms with Gasteiger partial charge in [0, 0.05) is 38.9 Å². The van der Waals surface area contributed by atoms with Gasteiger partial charge in [0.15, 0.2) is 11.6 Å². The first-order valence-electron chi connectivity index (χ1n) is 13.8. The molecule has 5 rings (SSSR count). The number of rotatable bonds is 7. The van der Waals surface area contributed by atoms with Gasteiger partial charge in [0.25, 0.3) is 0 Å². The Hall–Kier alpha value is -3.66. The van der Waals surface area contributed by atoms with Crippen LogP contribution in [-0.4, -0.2) is 21.8 Å². The summed E-state index contributed by atoms with van der Waals surface area (Å²) in [5, 5.41) is 11.6. The number of fused-ring (bicyclic) bond motifs is 3. The van der Waals surface area contributed by atoms with Crippen LogP contribution in [0.2, 0.25) is 0 Å². The van der Waals surface area contributed by atoms with E-state index in [1.54, 1.807) is 12.1 Å². The third kappa shape index (κ3) is 4.36. The van der Waals surface area contributed by atoms with Gasteiger partial charge >= 0.3 is 0 Å². The van der Waals surface area contributed by atoms with E-state index in [2.05, 4.69) is 88.1 Å². The lowest BCUT2D eigenvalue weighted by Crippen LogP contribution is -2.25. The fourth-order valence-electron chi connectivity index (χ4n) is 5.89. The standard InChI is InChI=1S/C34H36N2O2/c1-19(2)23-17-18-24(30-29(23)33(37)27-13-9-10-14-28(27)34(30)38)21(5)15-16-22(6)32-26-12-8-7-11-25(26)31(20(3)4)35-36-32/h7-14,17-22H,15-16H2,1-6H3. The van der Waals surface area contributed by atoms with E-state index >= 15 is 0 Å². The molecular weight excluding hydrogens is 468 g/mol. The lowest BCUT2D eigenvalue weighted by molar-refractivity contribution is 0.0977. The van der Waals surface area contributed by atoms with Crippen molar-refractivity contribution in [3.8, 4) is 0 Å². The van der Waals surface area contributed by atoms with E-state index in [1.807, 2.05) is 12.1 Å². The second-order valence-electron chi connectivity index (χ2n) is 11.4. The molecule has 0 N–H and O–H groups in total. The molecule has 4 aromatic rings. The molecule has 4 heteroatoms. The fraction of sp³-hybridized carbons (Fsp3) is 0.353. The first kappa shape index (κ1) is 26.0. The summed E-state index contributed by atoms with van der Waals surface area (Å²) >= 11 is 0. The van der Waals surface area contributed by atoms with E-state index < -0.39 is 0 Å². The van der Waals surface area contributed by atoms with Crippen LogP contribution in [0.3, 0.4) is 0 Å². The van der Waals surface area contributed by atoms with Gasteiger partial charge in [-0.3, -0.25) is 9.59 Å². The predicted molar refractivity (Wildman–Crippen MR) is 154 cm³/mol. The van der Waals surface area contributed by atoms with Crippen LogP contribution in [0, 0.1) is 0 Å². The number of hydrogen-bond acceptors (Lipinski definition) is 4. The third-order valence-electron chi connectivity index (χ3n) is 8.08. The second kappa shape index (κ2) is 10.2.